The average molecular weight is 394 g/mol. The predicted molar refractivity (Wildman–Crippen MR) is 111 cm³/mol. The van der Waals surface area contributed by atoms with E-state index in [1.54, 1.807) is 29.9 Å². The van der Waals surface area contributed by atoms with Crippen LogP contribution in [0, 0.1) is 5.92 Å². The van der Waals surface area contributed by atoms with E-state index in [9.17, 15) is 4.79 Å². The molecule has 1 aliphatic rings. The first-order chi connectivity index (χ1) is 13.7. The summed E-state index contributed by atoms with van der Waals surface area (Å²) in [6.45, 7) is 3.64. The van der Waals surface area contributed by atoms with Crippen molar-refractivity contribution in [3.05, 3.63) is 59.3 Å². The zero-order valence-electron chi connectivity index (χ0n) is 15.8. The molecule has 144 valence electrons. The van der Waals surface area contributed by atoms with Crippen LogP contribution >= 0.6 is 11.3 Å². The lowest BCUT2D eigenvalue weighted by Crippen LogP contribution is -2.41. The van der Waals surface area contributed by atoms with Crippen molar-refractivity contribution in [2.24, 2.45) is 5.92 Å². The first kappa shape index (κ1) is 18.6. The summed E-state index contributed by atoms with van der Waals surface area (Å²) < 4.78 is 0. The highest BCUT2D eigenvalue weighted by molar-refractivity contribution is 7.10. The van der Waals surface area contributed by atoms with Crippen molar-refractivity contribution in [1.29, 1.82) is 0 Å². The average Bonchev–Trinajstić information content (AvgIpc) is 3.26. The van der Waals surface area contributed by atoms with E-state index in [0.29, 0.717) is 0 Å². The quantitative estimate of drug-likeness (QED) is 0.716. The van der Waals surface area contributed by atoms with Gasteiger partial charge in [0.2, 0.25) is 5.91 Å². The van der Waals surface area contributed by atoms with Crippen LogP contribution in [0.25, 0.3) is 11.3 Å². The van der Waals surface area contributed by atoms with Crippen molar-refractivity contribution in [2.75, 3.05) is 18.0 Å². The Bertz CT molecular complexity index is 907. The minimum absolute atomic E-state index is 0.0314. The summed E-state index contributed by atoms with van der Waals surface area (Å²) in [7, 11) is 0. The summed E-state index contributed by atoms with van der Waals surface area (Å²) in [5.74, 6) is 1.03. The van der Waals surface area contributed by atoms with Crippen LogP contribution in [0.15, 0.2) is 54.3 Å². The third-order valence-electron chi connectivity index (χ3n) is 5.06. The highest BCUT2D eigenvalue weighted by Crippen LogP contribution is 2.26. The monoisotopic (exact) mass is 393 g/mol. The van der Waals surface area contributed by atoms with Crippen LogP contribution in [-0.4, -0.2) is 33.9 Å². The lowest BCUT2D eigenvalue weighted by molar-refractivity contribution is -0.126. The number of aromatic nitrogens is 3. The number of rotatable bonds is 5. The number of thiazole rings is 1. The van der Waals surface area contributed by atoms with Gasteiger partial charge >= 0.3 is 0 Å². The van der Waals surface area contributed by atoms with Crippen molar-refractivity contribution in [3.8, 4) is 11.3 Å². The number of nitrogens with one attached hydrogen (secondary N) is 1. The molecule has 0 spiro atoms. The van der Waals surface area contributed by atoms with Crippen LogP contribution in [0.2, 0.25) is 0 Å². The van der Waals surface area contributed by atoms with Gasteiger partial charge in [-0.25, -0.2) is 9.97 Å². The number of amides is 1. The Morgan fingerprint density at radius 2 is 2.00 bits per heavy atom. The molecular weight excluding hydrogens is 370 g/mol. The molecule has 0 unspecified atom stereocenters. The van der Waals surface area contributed by atoms with Gasteiger partial charge in [0.15, 0.2) is 0 Å². The molecular formula is C21H23N5OS. The molecule has 3 aromatic rings. The summed E-state index contributed by atoms with van der Waals surface area (Å²) in [5, 5.41) is 6.13. The summed E-state index contributed by atoms with van der Waals surface area (Å²) in [4.78, 5) is 28.1. The molecule has 6 nitrogen and oxygen atoms in total. The maximum atomic E-state index is 12.7. The van der Waals surface area contributed by atoms with E-state index >= 15 is 0 Å². The SMILES string of the molecule is C[C@H](NC(=O)C1CCN(c2cnccn2)CC1)c1nc(-c2ccccc2)cs1. The third kappa shape index (κ3) is 4.20. The fraction of sp³-hybridized carbons (Fsp3) is 0.333. The molecule has 28 heavy (non-hydrogen) atoms. The van der Waals surface area contributed by atoms with Gasteiger partial charge in [0, 0.05) is 42.3 Å². The Morgan fingerprint density at radius 3 is 2.71 bits per heavy atom. The predicted octanol–water partition coefficient (Wildman–Crippen LogP) is 3.69. The molecule has 0 bridgehead atoms. The van der Waals surface area contributed by atoms with E-state index in [0.717, 1.165) is 48.0 Å². The first-order valence-corrected chi connectivity index (χ1v) is 10.4. The lowest BCUT2D eigenvalue weighted by atomic mass is 9.95. The van der Waals surface area contributed by atoms with E-state index in [-0.39, 0.29) is 17.9 Å². The van der Waals surface area contributed by atoms with Crippen molar-refractivity contribution < 1.29 is 4.79 Å². The van der Waals surface area contributed by atoms with Gasteiger partial charge in [-0.3, -0.25) is 9.78 Å². The van der Waals surface area contributed by atoms with Gasteiger partial charge in [0.1, 0.15) is 10.8 Å². The van der Waals surface area contributed by atoms with Crippen molar-refractivity contribution >= 4 is 23.1 Å². The number of benzene rings is 1. The highest BCUT2D eigenvalue weighted by atomic mass is 32.1. The van der Waals surface area contributed by atoms with E-state index < -0.39 is 0 Å². The molecule has 1 fully saturated rings. The van der Waals surface area contributed by atoms with Gasteiger partial charge in [0.25, 0.3) is 0 Å². The van der Waals surface area contributed by atoms with Crippen molar-refractivity contribution in [1.82, 2.24) is 20.3 Å². The van der Waals surface area contributed by atoms with Crippen LogP contribution in [-0.2, 0) is 4.79 Å². The van der Waals surface area contributed by atoms with Crippen molar-refractivity contribution in [2.45, 2.75) is 25.8 Å². The summed E-state index contributed by atoms with van der Waals surface area (Å²) in [6.07, 6.45) is 6.79. The number of carbonyl (C=O) groups excluding carboxylic acids is 1. The van der Waals surface area contributed by atoms with E-state index in [2.05, 4.69) is 20.2 Å². The van der Waals surface area contributed by atoms with Gasteiger partial charge in [-0.1, -0.05) is 30.3 Å². The van der Waals surface area contributed by atoms with Crippen LogP contribution in [0.5, 0.6) is 0 Å². The number of nitrogens with zero attached hydrogens (tertiary/aromatic N) is 4. The Morgan fingerprint density at radius 1 is 1.21 bits per heavy atom. The lowest BCUT2D eigenvalue weighted by Gasteiger charge is -2.32. The molecule has 2 aromatic heterocycles. The number of hydrogen-bond acceptors (Lipinski definition) is 6. The Labute approximate surface area is 168 Å². The molecule has 1 saturated heterocycles. The Kier molecular flexibility index (Phi) is 5.62. The van der Waals surface area contributed by atoms with Crippen LogP contribution < -0.4 is 10.2 Å². The van der Waals surface area contributed by atoms with Gasteiger partial charge in [0.05, 0.1) is 17.9 Å². The van der Waals surface area contributed by atoms with Gasteiger partial charge in [-0.15, -0.1) is 11.3 Å². The Balaban J connectivity index is 1.32. The minimum atomic E-state index is -0.0898. The maximum Gasteiger partial charge on any atom is 0.223 e. The molecule has 1 amide bonds. The number of anilines is 1. The second-order valence-corrected chi connectivity index (χ2v) is 7.88. The van der Waals surface area contributed by atoms with E-state index in [1.165, 1.54) is 0 Å². The van der Waals surface area contributed by atoms with Gasteiger partial charge in [-0.05, 0) is 19.8 Å². The normalized spacial score (nSPS) is 16.0. The van der Waals surface area contributed by atoms with Crippen LogP contribution in [0.1, 0.15) is 30.8 Å². The highest BCUT2D eigenvalue weighted by Gasteiger charge is 2.27. The topological polar surface area (TPSA) is 71.0 Å². The van der Waals surface area contributed by atoms with Crippen LogP contribution in [0.3, 0.4) is 0 Å². The molecule has 0 aliphatic carbocycles. The van der Waals surface area contributed by atoms with Gasteiger partial charge in [-0.2, -0.15) is 0 Å². The smallest absolute Gasteiger partial charge is 0.223 e. The zero-order chi connectivity index (χ0) is 19.3. The fourth-order valence-corrected chi connectivity index (χ4v) is 4.28. The molecule has 4 rings (SSSR count). The van der Waals surface area contributed by atoms with Gasteiger partial charge < -0.3 is 10.2 Å². The minimum Gasteiger partial charge on any atom is -0.355 e. The molecule has 0 saturated carbocycles. The molecule has 1 atom stereocenters. The molecule has 1 aromatic carbocycles. The van der Waals surface area contributed by atoms with Crippen LogP contribution in [0.4, 0.5) is 5.82 Å². The van der Waals surface area contributed by atoms with Crippen molar-refractivity contribution in [3.63, 3.8) is 0 Å². The molecule has 7 heteroatoms. The largest absolute Gasteiger partial charge is 0.355 e. The number of hydrogen-bond donors (Lipinski definition) is 1. The zero-order valence-corrected chi connectivity index (χ0v) is 16.6. The second-order valence-electron chi connectivity index (χ2n) is 6.99. The molecule has 3 heterocycles. The second kappa shape index (κ2) is 8.48. The third-order valence-corrected chi connectivity index (χ3v) is 6.09. The van der Waals surface area contributed by atoms with E-state index in [4.69, 9.17) is 4.98 Å². The summed E-state index contributed by atoms with van der Waals surface area (Å²) >= 11 is 1.59. The summed E-state index contributed by atoms with van der Waals surface area (Å²) in [6, 6.07) is 10.0. The molecule has 1 aliphatic heterocycles. The fourth-order valence-electron chi connectivity index (χ4n) is 3.45. The van der Waals surface area contributed by atoms with E-state index in [1.807, 2.05) is 42.6 Å². The molecule has 1 N–H and O–H groups in total. The maximum absolute atomic E-state index is 12.7. The number of carbonyl (C=O) groups is 1. The number of piperidine rings is 1. The Hall–Kier alpha value is -2.80. The molecule has 0 radical (unpaired) electrons. The first-order valence-electron chi connectivity index (χ1n) is 9.53. The summed E-state index contributed by atoms with van der Waals surface area (Å²) in [5.41, 5.74) is 2.05. The standard InChI is InChI=1S/C21H23N5OS/c1-15(21-25-18(14-28-21)16-5-3-2-4-6-16)24-20(27)17-7-11-26(12-8-17)19-13-22-9-10-23-19/h2-6,9-10,13-15,17H,7-8,11-12H2,1H3,(H,24,27)/t15-/m0/s1.